The topological polar surface area (TPSA) is 151 Å². The van der Waals surface area contributed by atoms with Crippen LogP contribution in [0, 0.1) is 0 Å². The van der Waals surface area contributed by atoms with Crippen LogP contribution in [0.1, 0.15) is 46.8 Å². The molecule has 3 aromatic rings. The van der Waals surface area contributed by atoms with Gasteiger partial charge in [-0.2, -0.15) is 0 Å². The maximum atomic E-state index is 12.0. The zero-order valence-corrected chi connectivity index (χ0v) is 17.7. The van der Waals surface area contributed by atoms with Gasteiger partial charge in [0.15, 0.2) is 23.0 Å². The monoisotopic (exact) mass is 448 g/mol. The highest BCUT2D eigenvalue weighted by atomic mass is 16.5. The Kier molecular flexibility index (Phi) is 5.39. The van der Waals surface area contributed by atoms with Crippen LogP contribution in [-0.4, -0.2) is 23.0 Å². The molecule has 0 spiro atoms. The first-order chi connectivity index (χ1) is 15.7. The molecule has 0 aliphatic carbocycles. The van der Waals surface area contributed by atoms with Gasteiger partial charge in [0.2, 0.25) is 0 Å². The Hall–Kier alpha value is -4.53. The average Bonchev–Trinajstić information content (AvgIpc) is 2.76. The summed E-state index contributed by atoms with van der Waals surface area (Å²) in [6, 6.07) is 12.9. The highest BCUT2D eigenvalue weighted by Gasteiger charge is 2.35. The Balaban J connectivity index is 2.01. The van der Waals surface area contributed by atoms with Crippen molar-refractivity contribution in [3.05, 3.63) is 70.8 Å². The third-order valence-corrected chi connectivity index (χ3v) is 5.21. The number of esters is 2. The summed E-state index contributed by atoms with van der Waals surface area (Å²) in [6.07, 6.45) is 0. The van der Waals surface area contributed by atoms with Crippen molar-refractivity contribution in [1.82, 2.24) is 0 Å². The number of fused-ring (bicyclic) bond motifs is 2. The van der Waals surface area contributed by atoms with E-state index in [1.54, 1.807) is 30.3 Å². The summed E-state index contributed by atoms with van der Waals surface area (Å²) in [6.45, 7) is 2.48. The lowest BCUT2D eigenvalue weighted by atomic mass is 9.80. The smallest absolute Gasteiger partial charge is 0.335 e. The van der Waals surface area contributed by atoms with Gasteiger partial charge in [0.05, 0.1) is 5.56 Å². The molecule has 3 aromatic carbocycles. The Morgan fingerprint density at radius 1 is 0.788 bits per heavy atom. The summed E-state index contributed by atoms with van der Waals surface area (Å²) in [7, 11) is 0. The van der Waals surface area contributed by atoms with E-state index >= 15 is 0 Å². The number of carboxylic acid groups (broad SMARTS) is 1. The number of carboxylic acids is 1. The normalized spacial score (nSPS) is 12.2. The minimum absolute atomic E-state index is 0.0449. The molecule has 9 nitrogen and oxygen atoms in total. The molecule has 0 aromatic heterocycles. The highest BCUT2D eigenvalue weighted by molar-refractivity contribution is 5.91. The van der Waals surface area contributed by atoms with E-state index in [1.165, 1.54) is 32.0 Å². The third-order valence-electron chi connectivity index (χ3n) is 5.21. The van der Waals surface area contributed by atoms with E-state index in [0.29, 0.717) is 16.7 Å². The molecule has 168 valence electrons. The number of ether oxygens (including phenoxy) is 3. The van der Waals surface area contributed by atoms with Crippen LogP contribution in [-0.2, 0) is 9.59 Å². The minimum Gasteiger partial charge on any atom is -0.478 e. The second kappa shape index (κ2) is 8.19. The van der Waals surface area contributed by atoms with E-state index < -0.39 is 23.8 Å². The van der Waals surface area contributed by atoms with Gasteiger partial charge >= 0.3 is 17.9 Å². The summed E-state index contributed by atoms with van der Waals surface area (Å²) in [5.74, 6) is -2.36. The second-order valence-corrected chi connectivity index (χ2v) is 7.41. The van der Waals surface area contributed by atoms with Gasteiger partial charge in [0, 0.05) is 30.9 Å². The van der Waals surface area contributed by atoms with E-state index in [2.05, 4.69) is 0 Å². The Labute approximate surface area is 188 Å². The second-order valence-electron chi connectivity index (χ2n) is 7.41. The quantitative estimate of drug-likeness (QED) is 0.241. The number of rotatable bonds is 4. The van der Waals surface area contributed by atoms with Crippen LogP contribution < -0.4 is 25.7 Å². The molecule has 0 amide bonds. The Bertz CT molecular complexity index is 1240. The molecule has 9 heteroatoms. The highest BCUT2D eigenvalue weighted by Crippen LogP contribution is 2.55. The number of carbonyl (C=O) groups is 3. The summed E-state index contributed by atoms with van der Waals surface area (Å²) in [5, 5.41) is 9.79. The maximum Gasteiger partial charge on any atom is 0.335 e. The van der Waals surface area contributed by atoms with Crippen molar-refractivity contribution in [2.75, 3.05) is 11.5 Å². The van der Waals surface area contributed by atoms with Crippen LogP contribution in [0.25, 0.3) is 0 Å². The average molecular weight is 448 g/mol. The molecule has 0 saturated carbocycles. The predicted molar refractivity (Wildman–Crippen MR) is 119 cm³/mol. The number of anilines is 2. The summed E-state index contributed by atoms with van der Waals surface area (Å²) in [4.78, 5) is 35.0. The van der Waals surface area contributed by atoms with Crippen LogP contribution in [0.5, 0.6) is 23.0 Å². The number of nitrogens with two attached hydrogens (primary N) is 2. The molecule has 0 saturated heterocycles. The molecule has 0 unspecified atom stereocenters. The molecule has 0 fully saturated rings. The first kappa shape index (κ1) is 21.7. The summed E-state index contributed by atoms with van der Waals surface area (Å²) >= 11 is 0. The van der Waals surface area contributed by atoms with Crippen molar-refractivity contribution in [3.8, 4) is 23.0 Å². The van der Waals surface area contributed by atoms with Crippen LogP contribution in [0.4, 0.5) is 11.4 Å². The molecular formula is C24H20N2O7. The third kappa shape index (κ3) is 3.80. The molecular weight excluding hydrogens is 428 g/mol. The van der Waals surface area contributed by atoms with Gasteiger partial charge in [-0.05, 0) is 23.8 Å². The standard InChI is InChI=1S/C24H20N2O7/c1-11(27)31-17-9-7-15-19(13-5-3-4-6-14(13)24(29)30)16-8-10-18(32-12(2)28)21(26)23(16)33-22(15)20(17)25/h3-10,19H,25-26H2,1-2H3,(H,29,30). The lowest BCUT2D eigenvalue weighted by molar-refractivity contribution is -0.132. The van der Waals surface area contributed by atoms with Gasteiger partial charge < -0.3 is 30.8 Å². The number of carbonyl (C=O) groups excluding carboxylic acids is 2. The largest absolute Gasteiger partial charge is 0.478 e. The first-order valence-corrected chi connectivity index (χ1v) is 9.90. The molecule has 0 bridgehead atoms. The molecule has 5 N–H and O–H groups in total. The van der Waals surface area contributed by atoms with E-state index in [1.807, 2.05) is 0 Å². The molecule has 1 aliphatic rings. The number of hydrogen-bond donors (Lipinski definition) is 3. The van der Waals surface area contributed by atoms with Crippen molar-refractivity contribution in [1.29, 1.82) is 0 Å². The van der Waals surface area contributed by atoms with Gasteiger partial charge in [0.25, 0.3) is 0 Å². The number of aromatic carboxylic acids is 1. The van der Waals surface area contributed by atoms with Crippen LogP contribution in [0.2, 0.25) is 0 Å². The zero-order valence-electron chi connectivity index (χ0n) is 17.7. The molecule has 0 atom stereocenters. The minimum atomic E-state index is -1.10. The summed E-state index contributed by atoms with van der Waals surface area (Å²) in [5.41, 5.74) is 14.3. The number of benzene rings is 3. The van der Waals surface area contributed by atoms with Crippen molar-refractivity contribution >= 4 is 29.3 Å². The van der Waals surface area contributed by atoms with Crippen LogP contribution in [0.15, 0.2) is 48.5 Å². The fourth-order valence-corrected chi connectivity index (χ4v) is 3.91. The predicted octanol–water partition coefficient (Wildman–Crippen LogP) is 3.69. The molecule has 1 aliphatic heterocycles. The molecule has 4 rings (SSSR count). The summed E-state index contributed by atoms with van der Waals surface area (Å²) < 4.78 is 16.4. The van der Waals surface area contributed by atoms with E-state index in [9.17, 15) is 19.5 Å². The fourth-order valence-electron chi connectivity index (χ4n) is 3.91. The Morgan fingerprint density at radius 3 is 1.73 bits per heavy atom. The lowest BCUT2D eigenvalue weighted by Gasteiger charge is -2.31. The van der Waals surface area contributed by atoms with Gasteiger partial charge in [-0.3, -0.25) is 9.59 Å². The van der Waals surface area contributed by atoms with Gasteiger partial charge in [-0.25, -0.2) is 4.79 Å². The van der Waals surface area contributed by atoms with Crippen molar-refractivity contribution < 1.29 is 33.7 Å². The number of hydrogen-bond acceptors (Lipinski definition) is 8. The zero-order chi connectivity index (χ0) is 23.9. The van der Waals surface area contributed by atoms with E-state index in [-0.39, 0.29) is 39.9 Å². The van der Waals surface area contributed by atoms with Gasteiger partial charge in [-0.15, -0.1) is 0 Å². The van der Waals surface area contributed by atoms with E-state index in [0.717, 1.165) is 0 Å². The van der Waals surface area contributed by atoms with Crippen LogP contribution >= 0.6 is 0 Å². The van der Waals surface area contributed by atoms with Crippen molar-refractivity contribution in [2.24, 2.45) is 0 Å². The van der Waals surface area contributed by atoms with Gasteiger partial charge in [-0.1, -0.05) is 30.3 Å². The number of nitrogen functional groups attached to an aromatic ring is 2. The maximum absolute atomic E-state index is 12.0. The lowest BCUT2D eigenvalue weighted by Crippen LogP contribution is -2.18. The van der Waals surface area contributed by atoms with Crippen molar-refractivity contribution in [2.45, 2.75) is 19.8 Å². The molecule has 33 heavy (non-hydrogen) atoms. The van der Waals surface area contributed by atoms with Crippen molar-refractivity contribution in [3.63, 3.8) is 0 Å². The van der Waals surface area contributed by atoms with Gasteiger partial charge in [0.1, 0.15) is 11.4 Å². The van der Waals surface area contributed by atoms with Crippen LogP contribution in [0.3, 0.4) is 0 Å². The SMILES string of the molecule is CC(=O)Oc1ccc2c(c1N)Oc1c(ccc(OC(C)=O)c1N)C2c1ccccc1C(=O)O. The first-order valence-electron chi connectivity index (χ1n) is 9.90. The fraction of sp³-hybridized carbons (Fsp3) is 0.125. The molecule has 1 heterocycles. The van der Waals surface area contributed by atoms with E-state index in [4.69, 9.17) is 25.7 Å². The Morgan fingerprint density at radius 2 is 1.27 bits per heavy atom. The molecule has 0 radical (unpaired) electrons.